The minimum Gasteiger partial charge on any atom is -0.392 e. The number of nitrogens with one attached hydrogen (secondary N) is 1. The second-order valence-corrected chi connectivity index (χ2v) is 3.82. The van der Waals surface area contributed by atoms with E-state index in [0.29, 0.717) is 0 Å². The van der Waals surface area contributed by atoms with Gasteiger partial charge in [-0.05, 0) is 13.0 Å². The van der Waals surface area contributed by atoms with Gasteiger partial charge in [-0.2, -0.15) is 0 Å². The van der Waals surface area contributed by atoms with Gasteiger partial charge >= 0.3 is 0 Å². The molecule has 16 heavy (non-hydrogen) atoms. The van der Waals surface area contributed by atoms with Gasteiger partial charge in [-0.25, -0.2) is 0 Å². The van der Waals surface area contributed by atoms with Crippen molar-refractivity contribution in [2.24, 2.45) is 0 Å². The molecule has 0 bridgehead atoms. The Hall–Kier alpha value is -1.55. The zero-order valence-electron chi connectivity index (χ0n) is 9.95. The van der Waals surface area contributed by atoms with Gasteiger partial charge in [0.2, 0.25) is 5.91 Å². The molecule has 0 unspecified atom stereocenters. The fourth-order valence-corrected chi connectivity index (χ4v) is 1.59. The predicted octanol–water partition coefficient (Wildman–Crippen LogP) is 0.670. The molecule has 0 radical (unpaired) electrons. The van der Waals surface area contributed by atoms with Crippen molar-refractivity contribution in [2.45, 2.75) is 13.5 Å². The summed E-state index contributed by atoms with van der Waals surface area (Å²) in [5, 5.41) is 11.8. The van der Waals surface area contributed by atoms with Crippen molar-refractivity contribution in [3.8, 4) is 0 Å². The summed E-state index contributed by atoms with van der Waals surface area (Å²) < 4.78 is 0. The van der Waals surface area contributed by atoms with Crippen molar-refractivity contribution >= 4 is 11.6 Å². The number of benzene rings is 1. The zero-order chi connectivity index (χ0) is 12.1. The fraction of sp³-hybridized carbons (Fsp3) is 0.417. The van der Waals surface area contributed by atoms with Crippen molar-refractivity contribution in [1.29, 1.82) is 0 Å². The van der Waals surface area contributed by atoms with E-state index in [1.165, 1.54) is 0 Å². The van der Waals surface area contributed by atoms with E-state index in [0.717, 1.165) is 16.8 Å². The topological polar surface area (TPSA) is 52.6 Å². The molecule has 0 spiro atoms. The highest BCUT2D eigenvalue weighted by molar-refractivity contribution is 5.81. The van der Waals surface area contributed by atoms with Crippen LogP contribution in [0.15, 0.2) is 18.2 Å². The number of rotatable bonds is 4. The number of nitrogens with zero attached hydrogens (tertiary/aromatic N) is 1. The van der Waals surface area contributed by atoms with Gasteiger partial charge in [0.15, 0.2) is 0 Å². The second kappa shape index (κ2) is 5.51. The Labute approximate surface area is 95.9 Å². The lowest BCUT2D eigenvalue weighted by molar-refractivity contribution is -0.119. The summed E-state index contributed by atoms with van der Waals surface area (Å²) >= 11 is 0. The van der Waals surface area contributed by atoms with E-state index in [-0.39, 0.29) is 19.1 Å². The van der Waals surface area contributed by atoms with Crippen molar-refractivity contribution in [3.63, 3.8) is 0 Å². The van der Waals surface area contributed by atoms with E-state index in [1.807, 2.05) is 37.1 Å². The van der Waals surface area contributed by atoms with Crippen molar-refractivity contribution < 1.29 is 9.90 Å². The average Bonchev–Trinajstić information content (AvgIpc) is 2.28. The summed E-state index contributed by atoms with van der Waals surface area (Å²) in [6.45, 7) is 2.24. The number of aliphatic hydroxyl groups is 1. The number of carbonyl (C=O) groups excluding carboxylic acids is 1. The molecule has 0 saturated carbocycles. The lowest BCUT2D eigenvalue weighted by Gasteiger charge is -2.21. The number of hydrogen-bond donors (Lipinski definition) is 2. The van der Waals surface area contributed by atoms with Crippen LogP contribution < -0.4 is 10.2 Å². The van der Waals surface area contributed by atoms with Crippen LogP contribution in [0.5, 0.6) is 0 Å². The summed E-state index contributed by atoms with van der Waals surface area (Å²) in [6, 6.07) is 5.81. The molecule has 0 aliphatic carbocycles. The highest BCUT2D eigenvalue weighted by Gasteiger charge is 2.09. The summed E-state index contributed by atoms with van der Waals surface area (Å²) in [6.07, 6.45) is 0. The number of hydrogen-bond acceptors (Lipinski definition) is 3. The molecule has 88 valence electrons. The quantitative estimate of drug-likeness (QED) is 0.787. The van der Waals surface area contributed by atoms with Crippen molar-refractivity contribution in [2.75, 3.05) is 25.5 Å². The molecule has 0 aromatic heterocycles. The number of anilines is 1. The Kier molecular flexibility index (Phi) is 4.31. The first kappa shape index (κ1) is 12.5. The molecular formula is C12H18N2O2. The molecule has 4 heteroatoms. The molecule has 0 heterocycles. The van der Waals surface area contributed by atoms with Crippen LogP contribution in [0.1, 0.15) is 11.1 Å². The molecule has 2 N–H and O–H groups in total. The summed E-state index contributed by atoms with van der Waals surface area (Å²) in [4.78, 5) is 13.1. The van der Waals surface area contributed by atoms with Crippen LogP contribution in [0.4, 0.5) is 5.69 Å². The van der Waals surface area contributed by atoms with Crippen molar-refractivity contribution in [1.82, 2.24) is 5.32 Å². The molecule has 4 nitrogen and oxygen atoms in total. The van der Waals surface area contributed by atoms with E-state index in [1.54, 1.807) is 7.05 Å². The third-order valence-corrected chi connectivity index (χ3v) is 2.48. The van der Waals surface area contributed by atoms with E-state index in [4.69, 9.17) is 0 Å². The van der Waals surface area contributed by atoms with Gasteiger partial charge in [0, 0.05) is 25.3 Å². The van der Waals surface area contributed by atoms with Crippen LogP contribution in [0.2, 0.25) is 0 Å². The van der Waals surface area contributed by atoms with Crippen LogP contribution in [0, 0.1) is 6.92 Å². The first-order chi connectivity index (χ1) is 7.58. The maximum atomic E-state index is 11.2. The van der Waals surface area contributed by atoms with Crippen LogP contribution in [0.3, 0.4) is 0 Å². The lowest BCUT2D eigenvalue weighted by atomic mass is 10.1. The van der Waals surface area contributed by atoms with Gasteiger partial charge in [-0.15, -0.1) is 0 Å². The van der Waals surface area contributed by atoms with Crippen LogP contribution >= 0.6 is 0 Å². The smallest absolute Gasteiger partial charge is 0.239 e. The standard InChI is InChI=1S/C12H18N2O2/c1-9-4-5-11(10(6-9)8-15)14(3)7-12(16)13-2/h4-6,15H,7-8H2,1-3H3,(H,13,16). The highest BCUT2D eigenvalue weighted by Crippen LogP contribution is 2.20. The van der Waals surface area contributed by atoms with Gasteiger partial charge < -0.3 is 15.3 Å². The molecule has 1 aromatic carbocycles. The van der Waals surface area contributed by atoms with Crippen LogP contribution in [-0.4, -0.2) is 31.7 Å². The number of aryl methyl sites for hydroxylation is 1. The molecule has 0 atom stereocenters. The van der Waals surface area contributed by atoms with E-state index in [2.05, 4.69) is 5.32 Å². The number of amides is 1. The second-order valence-electron chi connectivity index (χ2n) is 3.82. The van der Waals surface area contributed by atoms with Gasteiger partial charge in [-0.1, -0.05) is 17.7 Å². The summed E-state index contributed by atoms with van der Waals surface area (Å²) in [7, 11) is 3.44. The molecule has 1 rings (SSSR count). The minimum absolute atomic E-state index is 0.0188. The fourth-order valence-electron chi connectivity index (χ4n) is 1.59. The number of carbonyl (C=O) groups is 1. The van der Waals surface area contributed by atoms with Crippen LogP contribution in [-0.2, 0) is 11.4 Å². The zero-order valence-corrected chi connectivity index (χ0v) is 9.95. The predicted molar refractivity (Wildman–Crippen MR) is 64.4 cm³/mol. The Morgan fingerprint density at radius 3 is 2.75 bits per heavy atom. The number of likely N-dealkylation sites (N-methyl/N-ethyl adjacent to an activating group) is 2. The first-order valence-electron chi connectivity index (χ1n) is 5.20. The lowest BCUT2D eigenvalue weighted by Crippen LogP contribution is -2.33. The van der Waals surface area contributed by atoms with Crippen molar-refractivity contribution in [3.05, 3.63) is 29.3 Å². The Balaban J connectivity index is 2.90. The maximum Gasteiger partial charge on any atom is 0.239 e. The average molecular weight is 222 g/mol. The third-order valence-electron chi connectivity index (χ3n) is 2.48. The molecule has 0 aliphatic rings. The largest absolute Gasteiger partial charge is 0.392 e. The van der Waals surface area contributed by atoms with Gasteiger partial charge in [0.05, 0.1) is 13.2 Å². The summed E-state index contributed by atoms with van der Waals surface area (Å²) in [5.74, 6) is -0.0491. The molecule has 0 aliphatic heterocycles. The van der Waals surface area contributed by atoms with Gasteiger partial charge in [0.25, 0.3) is 0 Å². The maximum absolute atomic E-state index is 11.2. The Bertz CT molecular complexity index is 377. The molecule has 1 amide bonds. The van der Waals surface area contributed by atoms with E-state index in [9.17, 15) is 9.90 Å². The summed E-state index contributed by atoms with van der Waals surface area (Å²) in [5.41, 5.74) is 2.82. The number of aliphatic hydroxyl groups excluding tert-OH is 1. The SMILES string of the molecule is CNC(=O)CN(C)c1ccc(C)cc1CO. The Morgan fingerprint density at radius 1 is 1.50 bits per heavy atom. The highest BCUT2D eigenvalue weighted by atomic mass is 16.3. The molecular weight excluding hydrogens is 204 g/mol. The van der Waals surface area contributed by atoms with E-state index < -0.39 is 0 Å². The molecule has 0 fully saturated rings. The van der Waals surface area contributed by atoms with Gasteiger partial charge in [-0.3, -0.25) is 4.79 Å². The van der Waals surface area contributed by atoms with E-state index >= 15 is 0 Å². The monoisotopic (exact) mass is 222 g/mol. The normalized spacial score (nSPS) is 10.0. The first-order valence-corrected chi connectivity index (χ1v) is 5.20. The molecule has 1 aromatic rings. The molecule has 0 saturated heterocycles. The van der Waals surface area contributed by atoms with Gasteiger partial charge in [0.1, 0.15) is 0 Å². The Morgan fingerprint density at radius 2 is 2.19 bits per heavy atom. The third kappa shape index (κ3) is 2.97. The van der Waals surface area contributed by atoms with Crippen LogP contribution in [0.25, 0.3) is 0 Å². The minimum atomic E-state index is -0.0491.